The number of hydrogen-bond donors (Lipinski definition) is 1. The van der Waals surface area contributed by atoms with Crippen LogP contribution in [0.2, 0.25) is 0 Å². The highest BCUT2D eigenvalue weighted by Gasteiger charge is 2.15. The van der Waals surface area contributed by atoms with Gasteiger partial charge in [-0.3, -0.25) is 0 Å². The topological polar surface area (TPSA) is 84.2 Å². The van der Waals surface area contributed by atoms with Gasteiger partial charge in [-0.05, 0) is 13.3 Å². The van der Waals surface area contributed by atoms with E-state index >= 15 is 0 Å². The minimum Gasteiger partial charge on any atom is -0.480 e. The third-order valence-corrected chi connectivity index (χ3v) is 3.02. The molecule has 23 heavy (non-hydrogen) atoms. The van der Waals surface area contributed by atoms with Crippen LogP contribution in [0.4, 0.5) is 11.6 Å². The second kappa shape index (κ2) is 8.30. The molecule has 1 aromatic rings. The Kier molecular flexibility index (Phi) is 6.13. The Bertz CT molecular complexity index is 585. The number of nitrogens with zero attached hydrogens (tertiary/aromatic N) is 5. The molecule has 0 radical (unpaired) electrons. The van der Waals surface area contributed by atoms with Gasteiger partial charge in [0.25, 0.3) is 0 Å². The van der Waals surface area contributed by atoms with Gasteiger partial charge in [0.2, 0.25) is 11.8 Å². The van der Waals surface area contributed by atoms with Gasteiger partial charge in [-0.2, -0.15) is 9.97 Å². The van der Waals surface area contributed by atoms with E-state index in [1.165, 1.54) is 0 Å². The van der Waals surface area contributed by atoms with Crippen molar-refractivity contribution in [2.24, 2.45) is 10.2 Å². The largest absolute Gasteiger partial charge is 0.480 e. The van der Waals surface area contributed by atoms with E-state index < -0.39 is 0 Å². The zero-order valence-corrected chi connectivity index (χ0v) is 14.2. The summed E-state index contributed by atoms with van der Waals surface area (Å²) in [5, 5.41) is 11.3. The van der Waals surface area contributed by atoms with E-state index in [2.05, 4.69) is 32.4 Å². The Hall–Kier alpha value is -2.38. The second-order valence-electron chi connectivity index (χ2n) is 5.26. The maximum Gasteiger partial charge on any atom is 0.327 e. The van der Waals surface area contributed by atoms with Crippen LogP contribution < -0.4 is 15.0 Å². The summed E-state index contributed by atoms with van der Waals surface area (Å²) in [5.41, 5.74) is 0. The van der Waals surface area contributed by atoms with Gasteiger partial charge in [0.15, 0.2) is 0 Å². The summed E-state index contributed by atoms with van der Waals surface area (Å²) < 4.78 is 11.2. The summed E-state index contributed by atoms with van der Waals surface area (Å²) in [6.07, 6.45) is 2.24. The monoisotopic (exact) mass is 320 g/mol. The Morgan fingerprint density at radius 2 is 1.87 bits per heavy atom. The van der Waals surface area contributed by atoms with Crippen LogP contribution in [-0.2, 0) is 4.74 Å². The maximum absolute atomic E-state index is 5.68. The molecule has 0 amide bonds. The van der Waals surface area contributed by atoms with Gasteiger partial charge < -0.3 is 19.7 Å². The zero-order chi connectivity index (χ0) is 16.7. The van der Waals surface area contributed by atoms with Gasteiger partial charge in [0.05, 0.1) is 6.61 Å². The quantitative estimate of drug-likeness (QED) is 0.865. The molecule has 1 aliphatic heterocycles. The fraction of sp³-hybridized carbons (Fsp3) is 0.600. The van der Waals surface area contributed by atoms with E-state index in [9.17, 15) is 0 Å². The number of aromatic nitrogens is 2. The molecule has 0 atom stereocenters. The van der Waals surface area contributed by atoms with E-state index in [4.69, 9.17) is 9.47 Å². The summed E-state index contributed by atoms with van der Waals surface area (Å²) in [5.74, 6) is 2.62. The lowest BCUT2D eigenvalue weighted by Crippen LogP contribution is -2.19. The van der Waals surface area contributed by atoms with Gasteiger partial charge in [0.1, 0.15) is 11.6 Å². The molecule has 126 valence electrons. The predicted octanol–water partition coefficient (Wildman–Crippen LogP) is 2.29. The van der Waals surface area contributed by atoms with Crippen molar-refractivity contribution in [3.05, 3.63) is 6.07 Å². The van der Waals surface area contributed by atoms with Gasteiger partial charge in [0, 0.05) is 39.5 Å². The van der Waals surface area contributed by atoms with Crippen LogP contribution >= 0.6 is 0 Å². The van der Waals surface area contributed by atoms with Crippen LogP contribution in [0.25, 0.3) is 0 Å². The number of rotatable bonds is 6. The number of hydrogen-bond acceptors (Lipinski definition) is 8. The fourth-order valence-electron chi connectivity index (χ4n) is 1.88. The standard InChI is InChI=1S/C15H24N6O2/c1-5-9-22-13-7-8-14(20-19-13)23-15-17-11(16-6-2)10-12(18-15)21(3)4/h10H,5-9H2,1-4H3,(H,16,17,18). The van der Waals surface area contributed by atoms with Crippen LogP contribution in [-0.4, -0.2) is 49.0 Å². The molecular weight excluding hydrogens is 296 g/mol. The van der Waals surface area contributed by atoms with Crippen LogP contribution in [0.5, 0.6) is 6.01 Å². The highest BCUT2D eigenvalue weighted by Crippen LogP contribution is 2.19. The molecule has 0 unspecified atom stereocenters. The molecule has 1 aromatic heterocycles. The van der Waals surface area contributed by atoms with Gasteiger partial charge >= 0.3 is 6.01 Å². The van der Waals surface area contributed by atoms with Gasteiger partial charge in [-0.1, -0.05) is 6.92 Å². The van der Waals surface area contributed by atoms with E-state index in [-0.39, 0.29) is 6.01 Å². The lowest BCUT2D eigenvalue weighted by Gasteiger charge is -2.16. The lowest BCUT2D eigenvalue weighted by atomic mass is 10.3. The molecule has 0 saturated heterocycles. The van der Waals surface area contributed by atoms with Crippen molar-refractivity contribution in [3.63, 3.8) is 0 Å². The Labute approximate surface area is 136 Å². The molecule has 8 heteroatoms. The molecule has 0 saturated carbocycles. The van der Waals surface area contributed by atoms with E-state index in [0.29, 0.717) is 37.1 Å². The first-order valence-electron chi connectivity index (χ1n) is 7.86. The van der Waals surface area contributed by atoms with Crippen LogP contribution in [0.15, 0.2) is 16.3 Å². The summed E-state index contributed by atoms with van der Waals surface area (Å²) in [6.45, 7) is 5.49. The molecule has 8 nitrogen and oxygen atoms in total. The average Bonchev–Trinajstić information content (AvgIpc) is 2.54. The molecule has 2 heterocycles. The Balaban J connectivity index is 2.10. The maximum atomic E-state index is 5.68. The van der Waals surface area contributed by atoms with Crippen LogP contribution in [0, 0.1) is 0 Å². The first-order chi connectivity index (χ1) is 11.1. The molecule has 0 spiro atoms. The third-order valence-electron chi connectivity index (χ3n) is 3.02. The molecule has 0 fully saturated rings. The van der Waals surface area contributed by atoms with Gasteiger partial charge in [-0.15, -0.1) is 10.2 Å². The summed E-state index contributed by atoms with van der Waals surface area (Å²) in [4.78, 5) is 10.6. The fourth-order valence-corrected chi connectivity index (χ4v) is 1.88. The molecule has 0 aliphatic carbocycles. The number of ether oxygens (including phenoxy) is 2. The minimum absolute atomic E-state index is 0.263. The van der Waals surface area contributed by atoms with E-state index in [1.807, 2.05) is 32.0 Å². The van der Waals surface area contributed by atoms with Crippen molar-refractivity contribution in [2.75, 3.05) is 37.5 Å². The summed E-state index contributed by atoms with van der Waals surface area (Å²) >= 11 is 0. The van der Waals surface area contributed by atoms with E-state index in [1.54, 1.807) is 0 Å². The van der Waals surface area contributed by atoms with Crippen molar-refractivity contribution >= 4 is 23.4 Å². The van der Waals surface area contributed by atoms with Crippen molar-refractivity contribution < 1.29 is 9.47 Å². The molecule has 0 aromatic carbocycles. The lowest BCUT2D eigenvalue weighted by molar-refractivity contribution is 0.292. The van der Waals surface area contributed by atoms with Crippen molar-refractivity contribution in [2.45, 2.75) is 33.1 Å². The minimum atomic E-state index is 0.263. The van der Waals surface area contributed by atoms with E-state index in [0.717, 1.165) is 18.8 Å². The van der Waals surface area contributed by atoms with Crippen molar-refractivity contribution in [1.29, 1.82) is 0 Å². The Morgan fingerprint density at radius 3 is 2.48 bits per heavy atom. The highest BCUT2D eigenvalue weighted by atomic mass is 16.5. The zero-order valence-electron chi connectivity index (χ0n) is 14.2. The Morgan fingerprint density at radius 1 is 1.13 bits per heavy atom. The molecule has 1 N–H and O–H groups in total. The average molecular weight is 320 g/mol. The highest BCUT2D eigenvalue weighted by molar-refractivity contribution is 5.88. The van der Waals surface area contributed by atoms with Crippen molar-refractivity contribution in [3.8, 4) is 6.01 Å². The first-order valence-corrected chi connectivity index (χ1v) is 7.86. The number of anilines is 2. The van der Waals surface area contributed by atoms with Crippen LogP contribution in [0.1, 0.15) is 33.1 Å². The summed E-state index contributed by atoms with van der Waals surface area (Å²) in [6, 6.07) is 2.13. The summed E-state index contributed by atoms with van der Waals surface area (Å²) in [7, 11) is 3.84. The predicted molar refractivity (Wildman–Crippen MR) is 91.5 cm³/mol. The van der Waals surface area contributed by atoms with Crippen LogP contribution in [0.3, 0.4) is 0 Å². The van der Waals surface area contributed by atoms with Gasteiger partial charge in [-0.25, -0.2) is 0 Å². The van der Waals surface area contributed by atoms with Crippen molar-refractivity contribution in [1.82, 2.24) is 9.97 Å². The second-order valence-corrected chi connectivity index (χ2v) is 5.26. The molecule has 1 aliphatic rings. The smallest absolute Gasteiger partial charge is 0.327 e. The normalized spacial score (nSPS) is 13.9. The third kappa shape index (κ3) is 5.08. The molecular formula is C15H24N6O2. The molecule has 0 bridgehead atoms. The first kappa shape index (κ1) is 17.0. The SMILES string of the molecule is CCCOC1=NN=C(Oc2nc(NCC)cc(N(C)C)n2)CC1. The number of nitrogens with one attached hydrogen (secondary N) is 1. The molecule has 2 rings (SSSR count).